The highest BCUT2D eigenvalue weighted by Crippen LogP contribution is 2.22. The molecule has 0 radical (unpaired) electrons. The Morgan fingerprint density at radius 1 is 1.00 bits per heavy atom. The van der Waals surface area contributed by atoms with Gasteiger partial charge in [-0.15, -0.1) is 0 Å². The summed E-state index contributed by atoms with van der Waals surface area (Å²) in [6, 6.07) is 16.3. The lowest BCUT2D eigenvalue weighted by molar-refractivity contribution is 0.481. The summed E-state index contributed by atoms with van der Waals surface area (Å²) in [6.45, 7) is 6.02. The first kappa shape index (κ1) is 12.7. The van der Waals surface area contributed by atoms with Crippen LogP contribution >= 0.6 is 0 Å². The van der Waals surface area contributed by atoms with Crippen molar-refractivity contribution in [1.29, 1.82) is 0 Å². The lowest BCUT2D eigenvalue weighted by Gasteiger charge is -2.08. The second-order valence-electron chi connectivity index (χ2n) is 4.35. The van der Waals surface area contributed by atoms with Gasteiger partial charge in [0.1, 0.15) is 11.5 Å². The molecule has 0 aliphatic heterocycles. The standard InChI is InChI=1S/C16H19NO/c1-3-17-12-14-7-5-9-16(11-14)18-15-8-4-6-13(2)10-15/h4-11,17H,3,12H2,1-2H3. The minimum Gasteiger partial charge on any atom is -0.457 e. The Morgan fingerprint density at radius 3 is 2.44 bits per heavy atom. The number of hydrogen-bond acceptors (Lipinski definition) is 2. The smallest absolute Gasteiger partial charge is 0.127 e. The van der Waals surface area contributed by atoms with Crippen LogP contribution in [0.5, 0.6) is 11.5 Å². The quantitative estimate of drug-likeness (QED) is 0.857. The van der Waals surface area contributed by atoms with Crippen LogP contribution in [0.15, 0.2) is 48.5 Å². The zero-order valence-electron chi connectivity index (χ0n) is 10.9. The predicted octanol–water partition coefficient (Wildman–Crippen LogP) is 3.90. The second-order valence-corrected chi connectivity index (χ2v) is 4.35. The van der Waals surface area contributed by atoms with Gasteiger partial charge in [0.05, 0.1) is 0 Å². The Morgan fingerprint density at radius 2 is 1.72 bits per heavy atom. The van der Waals surface area contributed by atoms with Gasteiger partial charge in [-0.25, -0.2) is 0 Å². The number of benzene rings is 2. The fraction of sp³-hybridized carbons (Fsp3) is 0.250. The molecule has 2 heteroatoms. The lowest BCUT2D eigenvalue weighted by atomic mass is 10.2. The van der Waals surface area contributed by atoms with Crippen LogP contribution in [0.3, 0.4) is 0 Å². The number of ether oxygens (including phenoxy) is 1. The van der Waals surface area contributed by atoms with Crippen molar-refractivity contribution < 1.29 is 4.74 Å². The minimum atomic E-state index is 0.877. The first-order valence-electron chi connectivity index (χ1n) is 6.32. The van der Waals surface area contributed by atoms with Crippen molar-refractivity contribution >= 4 is 0 Å². The summed E-state index contributed by atoms with van der Waals surface area (Å²) in [5.74, 6) is 1.77. The largest absolute Gasteiger partial charge is 0.457 e. The summed E-state index contributed by atoms with van der Waals surface area (Å²) in [5, 5.41) is 3.31. The normalized spacial score (nSPS) is 10.3. The van der Waals surface area contributed by atoms with E-state index in [0.717, 1.165) is 24.6 Å². The molecule has 2 rings (SSSR count). The fourth-order valence-electron chi connectivity index (χ4n) is 1.80. The molecule has 0 saturated heterocycles. The van der Waals surface area contributed by atoms with Gasteiger partial charge in [-0.2, -0.15) is 0 Å². The highest BCUT2D eigenvalue weighted by atomic mass is 16.5. The van der Waals surface area contributed by atoms with Crippen molar-refractivity contribution in [2.75, 3.05) is 6.54 Å². The van der Waals surface area contributed by atoms with Gasteiger partial charge in [-0.3, -0.25) is 0 Å². The van der Waals surface area contributed by atoms with Gasteiger partial charge in [-0.1, -0.05) is 31.2 Å². The third-order valence-electron chi connectivity index (χ3n) is 2.70. The van der Waals surface area contributed by atoms with Crippen molar-refractivity contribution in [1.82, 2.24) is 5.32 Å². The highest BCUT2D eigenvalue weighted by Gasteiger charge is 1.99. The molecule has 18 heavy (non-hydrogen) atoms. The van der Waals surface area contributed by atoms with Gasteiger partial charge in [-0.05, 0) is 48.9 Å². The average Bonchev–Trinajstić information content (AvgIpc) is 2.37. The van der Waals surface area contributed by atoms with E-state index in [9.17, 15) is 0 Å². The molecule has 0 saturated carbocycles. The minimum absolute atomic E-state index is 0.877. The van der Waals surface area contributed by atoms with E-state index in [1.807, 2.05) is 30.3 Å². The summed E-state index contributed by atoms with van der Waals surface area (Å²) in [4.78, 5) is 0. The summed E-state index contributed by atoms with van der Waals surface area (Å²) in [7, 11) is 0. The summed E-state index contributed by atoms with van der Waals surface area (Å²) < 4.78 is 5.85. The van der Waals surface area contributed by atoms with Crippen LogP contribution < -0.4 is 10.1 Å². The van der Waals surface area contributed by atoms with E-state index in [4.69, 9.17) is 4.74 Å². The van der Waals surface area contributed by atoms with E-state index in [-0.39, 0.29) is 0 Å². The highest BCUT2D eigenvalue weighted by molar-refractivity contribution is 5.35. The summed E-state index contributed by atoms with van der Waals surface area (Å²) >= 11 is 0. The molecule has 2 aromatic rings. The number of nitrogens with one attached hydrogen (secondary N) is 1. The first-order valence-corrected chi connectivity index (χ1v) is 6.32. The molecule has 2 aromatic carbocycles. The van der Waals surface area contributed by atoms with Crippen LogP contribution in [0.1, 0.15) is 18.1 Å². The molecule has 94 valence electrons. The summed E-state index contributed by atoms with van der Waals surface area (Å²) in [5.41, 5.74) is 2.44. The van der Waals surface area contributed by atoms with Gasteiger partial charge in [0.15, 0.2) is 0 Å². The maximum absolute atomic E-state index is 5.85. The van der Waals surface area contributed by atoms with Crippen molar-refractivity contribution in [3.05, 3.63) is 59.7 Å². The van der Waals surface area contributed by atoms with Gasteiger partial charge in [0, 0.05) is 6.54 Å². The SMILES string of the molecule is CCNCc1cccc(Oc2cccc(C)c2)c1. The van der Waals surface area contributed by atoms with Crippen LogP contribution in [0.4, 0.5) is 0 Å². The maximum Gasteiger partial charge on any atom is 0.127 e. The molecule has 0 heterocycles. The van der Waals surface area contributed by atoms with E-state index >= 15 is 0 Å². The number of rotatable bonds is 5. The van der Waals surface area contributed by atoms with Crippen LogP contribution in [0.25, 0.3) is 0 Å². The molecule has 0 amide bonds. The topological polar surface area (TPSA) is 21.3 Å². The third-order valence-corrected chi connectivity index (χ3v) is 2.70. The molecule has 0 bridgehead atoms. The Bertz CT molecular complexity index is 508. The van der Waals surface area contributed by atoms with Crippen LogP contribution in [0, 0.1) is 6.92 Å². The lowest BCUT2D eigenvalue weighted by Crippen LogP contribution is -2.11. The average molecular weight is 241 g/mol. The van der Waals surface area contributed by atoms with E-state index in [1.165, 1.54) is 11.1 Å². The van der Waals surface area contributed by atoms with Crippen molar-refractivity contribution in [3.8, 4) is 11.5 Å². The monoisotopic (exact) mass is 241 g/mol. The van der Waals surface area contributed by atoms with E-state index in [0.29, 0.717) is 0 Å². The zero-order chi connectivity index (χ0) is 12.8. The maximum atomic E-state index is 5.85. The molecule has 1 N–H and O–H groups in total. The third kappa shape index (κ3) is 3.60. The Hall–Kier alpha value is -1.80. The van der Waals surface area contributed by atoms with Crippen molar-refractivity contribution in [3.63, 3.8) is 0 Å². The molecule has 0 unspecified atom stereocenters. The number of aryl methyl sites for hydroxylation is 1. The molecule has 0 fully saturated rings. The second kappa shape index (κ2) is 6.22. The molecular weight excluding hydrogens is 222 g/mol. The molecule has 0 aliphatic carbocycles. The number of hydrogen-bond donors (Lipinski definition) is 1. The van der Waals surface area contributed by atoms with E-state index in [2.05, 4.69) is 37.4 Å². The van der Waals surface area contributed by atoms with E-state index < -0.39 is 0 Å². The Kier molecular flexibility index (Phi) is 4.37. The van der Waals surface area contributed by atoms with Crippen LogP contribution in [-0.2, 0) is 6.54 Å². The van der Waals surface area contributed by atoms with Crippen molar-refractivity contribution in [2.24, 2.45) is 0 Å². The molecule has 0 aromatic heterocycles. The van der Waals surface area contributed by atoms with Gasteiger partial charge in [0.25, 0.3) is 0 Å². The first-order chi connectivity index (χ1) is 8.78. The fourth-order valence-corrected chi connectivity index (χ4v) is 1.80. The van der Waals surface area contributed by atoms with E-state index in [1.54, 1.807) is 0 Å². The zero-order valence-corrected chi connectivity index (χ0v) is 10.9. The van der Waals surface area contributed by atoms with Gasteiger partial charge < -0.3 is 10.1 Å². The molecule has 0 atom stereocenters. The van der Waals surface area contributed by atoms with Crippen LogP contribution in [0.2, 0.25) is 0 Å². The van der Waals surface area contributed by atoms with Gasteiger partial charge >= 0.3 is 0 Å². The van der Waals surface area contributed by atoms with Crippen LogP contribution in [-0.4, -0.2) is 6.54 Å². The predicted molar refractivity (Wildman–Crippen MR) is 75.1 cm³/mol. The van der Waals surface area contributed by atoms with Gasteiger partial charge in [0.2, 0.25) is 0 Å². The Labute approximate surface area is 109 Å². The molecule has 0 aliphatic rings. The molecular formula is C16H19NO. The molecule has 2 nitrogen and oxygen atoms in total. The summed E-state index contributed by atoms with van der Waals surface area (Å²) in [6.07, 6.45) is 0. The Balaban J connectivity index is 2.09. The molecule has 0 spiro atoms. The van der Waals surface area contributed by atoms with Crippen molar-refractivity contribution in [2.45, 2.75) is 20.4 Å².